The lowest BCUT2D eigenvalue weighted by molar-refractivity contribution is -0.924. The van der Waals surface area contributed by atoms with E-state index < -0.39 is 11.0 Å². The Hall–Kier alpha value is -2.12. The highest BCUT2D eigenvalue weighted by molar-refractivity contribution is 5.62. The highest BCUT2D eigenvalue weighted by Crippen LogP contribution is 2.67. The second-order valence-corrected chi connectivity index (χ2v) is 12.8. The third-order valence-electron chi connectivity index (χ3n) is 10.6. The van der Waals surface area contributed by atoms with E-state index in [4.69, 9.17) is 4.74 Å². The molecule has 0 aromatic heterocycles. The van der Waals surface area contributed by atoms with Gasteiger partial charge >= 0.3 is 0 Å². The molecule has 3 fully saturated rings. The number of aliphatic hydroxyl groups is 1. The fourth-order valence-corrected chi connectivity index (χ4v) is 8.75. The van der Waals surface area contributed by atoms with E-state index in [-0.39, 0.29) is 28.6 Å². The zero-order chi connectivity index (χ0) is 25.6. The molecule has 0 radical (unpaired) electrons. The summed E-state index contributed by atoms with van der Waals surface area (Å²) < 4.78 is 6.43. The fourth-order valence-electron chi connectivity index (χ4n) is 8.75. The number of aromatic hydroxyl groups is 1. The predicted molar refractivity (Wildman–Crippen MR) is 142 cm³/mol. The largest absolute Gasteiger partial charge is 0.632 e. The van der Waals surface area contributed by atoms with Crippen LogP contribution in [0.15, 0.2) is 36.4 Å². The molecule has 37 heavy (non-hydrogen) atoms. The van der Waals surface area contributed by atoms with E-state index in [1.165, 1.54) is 11.1 Å². The minimum Gasteiger partial charge on any atom is -0.632 e. The summed E-state index contributed by atoms with van der Waals surface area (Å²) in [6.45, 7) is 4.24. The van der Waals surface area contributed by atoms with Gasteiger partial charge in [-0.15, -0.1) is 0 Å². The number of phenols is 1. The molecule has 1 spiro atoms. The Morgan fingerprint density at radius 3 is 2.78 bits per heavy atom. The van der Waals surface area contributed by atoms with Gasteiger partial charge in [0.15, 0.2) is 11.5 Å². The first-order valence-corrected chi connectivity index (χ1v) is 14.3. The van der Waals surface area contributed by atoms with Gasteiger partial charge < -0.3 is 24.8 Å². The van der Waals surface area contributed by atoms with E-state index in [1.807, 2.05) is 6.07 Å². The minimum atomic E-state index is -1.10. The van der Waals surface area contributed by atoms with E-state index in [2.05, 4.69) is 43.1 Å². The van der Waals surface area contributed by atoms with Crippen molar-refractivity contribution < 1.29 is 19.6 Å². The van der Waals surface area contributed by atoms with Crippen LogP contribution in [0.25, 0.3) is 0 Å². The van der Waals surface area contributed by atoms with Crippen molar-refractivity contribution in [2.45, 2.75) is 87.5 Å². The second kappa shape index (κ2) is 8.19. The molecule has 2 bridgehead atoms. The van der Waals surface area contributed by atoms with Crippen LogP contribution < -0.4 is 4.74 Å². The number of likely N-dealkylation sites (N-methyl/N-ethyl adjacent to an activating group) is 1. The first kappa shape index (κ1) is 24.0. The molecule has 7 rings (SSSR count). The Morgan fingerprint density at radius 1 is 1.16 bits per heavy atom. The van der Waals surface area contributed by atoms with Gasteiger partial charge in [-0.3, -0.25) is 4.90 Å². The number of rotatable bonds is 7. The maximum atomic E-state index is 14.4. The highest BCUT2D eigenvalue weighted by atomic mass is 16.6. The molecule has 6 nitrogen and oxygen atoms in total. The zero-order valence-electron chi connectivity index (χ0n) is 22.2. The number of piperidine rings is 1. The van der Waals surface area contributed by atoms with Crippen molar-refractivity contribution in [1.82, 2.24) is 4.90 Å². The Labute approximate surface area is 220 Å². The highest BCUT2D eigenvalue weighted by Gasteiger charge is 2.76. The predicted octanol–water partition coefficient (Wildman–Crippen LogP) is 4.21. The number of nitrogens with zero attached hydrogens (tertiary/aromatic N) is 2. The van der Waals surface area contributed by atoms with Gasteiger partial charge in [0, 0.05) is 30.4 Å². The fraction of sp³-hybridized carbons (Fsp3) is 0.613. The molecule has 2 saturated carbocycles. The number of benzene rings is 2. The van der Waals surface area contributed by atoms with Crippen molar-refractivity contribution in [2.24, 2.45) is 5.92 Å². The molecule has 2 N–H and O–H groups in total. The number of quaternary nitrogens is 1. The van der Waals surface area contributed by atoms with E-state index in [1.54, 1.807) is 6.07 Å². The number of likely N-dealkylation sites (tertiary alicyclic amines) is 1. The lowest BCUT2D eigenvalue weighted by atomic mass is 9.48. The quantitative estimate of drug-likeness (QED) is 0.436. The molecule has 6 heteroatoms. The number of aryl methyl sites for hydroxylation is 2. The number of hydrogen-bond donors (Lipinski definition) is 2. The van der Waals surface area contributed by atoms with Crippen molar-refractivity contribution in [3.8, 4) is 11.5 Å². The summed E-state index contributed by atoms with van der Waals surface area (Å²) in [5, 5.41) is 37.8. The van der Waals surface area contributed by atoms with Crippen molar-refractivity contribution in [3.05, 3.63) is 63.9 Å². The molecule has 0 amide bonds. The number of hydrogen-bond acceptors (Lipinski definition) is 5. The van der Waals surface area contributed by atoms with Gasteiger partial charge in [0.05, 0.1) is 18.5 Å². The van der Waals surface area contributed by atoms with Gasteiger partial charge in [-0.2, -0.15) is 0 Å². The van der Waals surface area contributed by atoms with Crippen LogP contribution in [-0.4, -0.2) is 70.2 Å². The Balaban J connectivity index is 1.21. The number of ether oxygens (including phenoxy) is 1. The van der Waals surface area contributed by atoms with Crippen LogP contribution in [0.2, 0.25) is 0 Å². The minimum absolute atomic E-state index is 0.131. The van der Waals surface area contributed by atoms with Crippen LogP contribution in [0.5, 0.6) is 11.5 Å². The Bertz CT molecular complexity index is 1230. The third-order valence-corrected chi connectivity index (χ3v) is 10.6. The summed E-state index contributed by atoms with van der Waals surface area (Å²) in [6.07, 6.45) is 6.73. The Kier molecular flexibility index (Phi) is 5.30. The van der Waals surface area contributed by atoms with E-state index in [9.17, 15) is 15.4 Å². The van der Waals surface area contributed by atoms with Crippen LogP contribution in [0, 0.1) is 18.0 Å². The molecule has 1 saturated heterocycles. The molecule has 1 unspecified atom stereocenters. The molecule has 6 atom stereocenters. The first-order chi connectivity index (χ1) is 17.7. The number of phenolic OH excluding ortho intramolecular Hbond substituents is 1. The standard InChI is InChI=1S/C31H40N2O4/c1-20-5-3-6-21(17-20)7-4-15-32(2)24-12-13-31(35)26-18-23-10-11-25(34)28-27(23)30(31,29(24)37-28)14-16-33(26,36)19-22-8-9-22/h3,5-6,10-11,17,22,24,26,29,34-35H,4,7-9,12-16,18-19H2,1-2H3/t24-,26-,29+,30+,31-,33?/m1/s1. The maximum absolute atomic E-state index is 14.4. The summed E-state index contributed by atoms with van der Waals surface area (Å²) in [7, 11) is 2.18. The van der Waals surface area contributed by atoms with Gasteiger partial charge in [-0.25, -0.2) is 0 Å². The molecule has 2 aromatic rings. The molecular weight excluding hydrogens is 464 g/mol. The molecule has 198 valence electrons. The van der Waals surface area contributed by atoms with Gasteiger partial charge in [-0.05, 0) is 76.2 Å². The maximum Gasteiger partial charge on any atom is 0.165 e. The first-order valence-electron chi connectivity index (χ1n) is 14.3. The van der Waals surface area contributed by atoms with Crippen molar-refractivity contribution >= 4 is 0 Å². The molecule has 3 aliphatic carbocycles. The van der Waals surface area contributed by atoms with Gasteiger partial charge in [-0.1, -0.05) is 35.9 Å². The van der Waals surface area contributed by atoms with Crippen molar-refractivity contribution in [1.29, 1.82) is 0 Å². The summed E-state index contributed by atoms with van der Waals surface area (Å²) in [4.78, 5) is 2.42. The average molecular weight is 505 g/mol. The van der Waals surface area contributed by atoms with Crippen LogP contribution in [-0.2, 0) is 18.3 Å². The summed E-state index contributed by atoms with van der Waals surface area (Å²) in [5.41, 5.74) is 3.04. The normalized spacial score (nSPS) is 37.4. The average Bonchev–Trinajstić information content (AvgIpc) is 3.59. The van der Waals surface area contributed by atoms with E-state index in [0.29, 0.717) is 44.0 Å². The van der Waals surface area contributed by atoms with Crippen molar-refractivity contribution in [2.75, 3.05) is 26.7 Å². The van der Waals surface area contributed by atoms with Crippen LogP contribution in [0.3, 0.4) is 0 Å². The smallest absolute Gasteiger partial charge is 0.165 e. The van der Waals surface area contributed by atoms with E-state index >= 15 is 0 Å². The van der Waals surface area contributed by atoms with Gasteiger partial charge in [0.25, 0.3) is 0 Å². The molecule has 2 heterocycles. The molecular formula is C31H40N2O4. The Morgan fingerprint density at radius 2 is 2.00 bits per heavy atom. The molecule has 2 aliphatic heterocycles. The summed E-state index contributed by atoms with van der Waals surface area (Å²) in [5.74, 6) is 1.24. The monoisotopic (exact) mass is 504 g/mol. The van der Waals surface area contributed by atoms with E-state index in [0.717, 1.165) is 49.8 Å². The summed E-state index contributed by atoms with van der Waals surface area (Å²) in [6, 6.07) is 12.2. The zero-order valence-corrected chi connectivity index (χ0v) is 22.2. The topological polar surface area (TPSA) is 76.0 Å². The van der Waals surface area contributed by atoms with Gasteiger partial charge in [0.2, 0.25) is 0 Å². The third kappa shape index (κ3) is 3.38. The molecule has 2 aromatic carbocycles. The van der Waals surface area contributed by atoms with Crippen LogP contribution >= 0.6 is 0 Å². The van der Waals surface area contributed by atoms with Crippen LogP contribution in [0.4, 0.5) is 0 Å². The van der Waals surface area contributed by atoms with Gasteiger partial charge in [0.1, 0.15) is 17.7 Å². The second-order valence-electron chi connectivity index (χ2n) is 12.8. The molecule has 5 aliphatic rings. The lowest BCUT2D eigenvalue weighted by Gasteiger charge is -2.68. The SMILES string of the molecule is Cc1cccc(CCCN(C)[C@@H]2CC[C@@]3(O)[C@H]4Cc5ccc(O)c6c5[C@@]3(CC[N+]4([O-])CC3CC3)[C@H]2O6)c1. The lowest BCUT2D eigenvalue weighted by Crippen LogP contribution is -2.81. The number of hydroxylamine groups is 3. The summed E-state index contributed by atoms with van der Waals surface area (Å²) >= 11 is 0. The van der Waals surface area contributed by atoms with Crippen molar-refractivity contribution in [3.63, 3.8) is 0 Å². The van der Waals surface area contributed by atoms with Crippen LogP contribution in [0.1, 0.15) is 60.8 Å².